The molecule has 0 saturated carbocycles. The monoisotopic (exact) mass is 369 g/mol. The van der Waals surface area contributed by atoms with Crippen molar-refractivity contribution in [3.63, 3.8) is 0 Å². The number of carboxylic acid groups (broad SMARTS) is 1. The Morgan fingerprint density at radius 2 is 2.04 bits per heavy atom. The molecule has 1 aliphatic rings. The summed E-state index contributed by atoms with van der Waals surface area (Å²) in [4.78, 5) is 25.0. The summed E-state index contributed by atoms with van der Waals surface area (Å²) in [5, 5.41) is 13.5. The van der Waals surface area contributed by atoms with Crippen LogP contribution in [-0.2, 0) is 14.3 Å². The maximum absolute atomic E-state index is 12.5. The van der Waals surface area contributed by atoms with E-state index < -0.39 is 12.1 Å². The fourth-order valence-corrected chi connectivity index (χ4v) is 3.21. The number of amides is 1. The van der Waals surface area contributed by atoms with Crippen LogP contribution in [0.2, 0.25) is 0 Å². The number of para-hydroxylation sites is 1. The number of benzene rings is 1. The van der Waals surface area contributed by atoms with Gasteiger partial charge in [-0.3, -0.25) is 9.59 Å². The molecule has 1 fully saturated rings. The van der Waals surface area contributed by atoms with E-state index in [2.05, 4.69) is 5.10 Å². The van der Waals surface area contributed by atoms with Gasteiger partial charge in [0.1, 0.15) is 0 Å². The first-order valence-corrected chi connectivity index (χ1v) is 8.87. The molecule has 3 rings (SSSR count). The average Bonchev–Trinajstić information content (AvgIpc) is 2.94. The second-order valence-corrected chi connectivity index (χ2v) is 6.54. The molecule has 1 amide bonds. The maximum Gasteiger partial charge on any atom is 0.306 e. The number of morpholine rings is 1. The van der Waals surface area contributed by atoms with Crippen molar-refractivity contribution in [1.29, 1.82) is 0 Å². The van der Waals surface area contributed by atoms with Gasteiger partial charge in [0.15, 0.2) is 0 Å². The largest absolute Gasteiger partial charge is 0.481 e. The van der Waals surface area contributed by atoms with Gasteiger partial charge in [-0.1, -0.05) is 18.2 Å². The molecule has 7 heteroatoms. The lowest BCUT2D eigenvalue weighted by molar-refractivity contribution is -0.145. The lowest BCUT2D eigenvalue weighted by atomic mass is 10.1. The van der Waals surface area contributed by atoms with Crippen LogP contribution in [0.1, 0.15) is 23.4 Å². The molecule has 1 aliphatic heterocycles. The van der Waals surface area contributed by atoms with Crippen molar-refractivity contribution in [2.24, 2.45) is 0 Å². The third-order valence-electron chi connectivity index (χ3n) is 4.59. The molecule has 1 saturated heterocycles. The predicted octanol–water partition coefficient (Wildman–Crippen LogP) is 2.20. The molecule has 1 N–H and O–H groups in total. The fraction of sp³-hybridized carbons (Fsp3) is 0.350. The zero-order valence-corrected chi connectivity index (χ0v) is 15.5. The SMILES string of the molecule is Cc1nn(-c2ccccc2)c(C)c1/C=C/C(=O)N1CCOC(CC(=O)O)C1. The first kappa shape index (κ1) is 18.8. The molecule has 2 heterocycles. The van der Waals surface area contributed by atoms with Crippen LogP contribution >= 0.6 is 0 Å². The van der Waals surface area contributed by atoms with Crippen molar-refractivity contribution in [3.8, 4) is 5.69 Å². The van der Waals surface area contributed by atoms with Crippen LogP contribution in [0.25, 0.3) is 11.8 Å². The third-order valence-corrected chi connectivity index (χ3v) is 4.59. The number of aromatic nitrogens is 2. The number of aryl methyl sites for hydroxylation is 1. The Morgan fingerprint density at radius 1 is 1.30 bits per heavy atom. The highest BCUT2D eigenvalue weighted by Gasteiger charge is 2.25. The van der Waals surface area contributed by atoms with Gasteiger partial charge in [0.2, 0.25) is 5.91 Å². The quantitative estimate of drug-likeness (QED) is 0.817. The summed E-state index contributed by atoms with van der Waals surface area (Å²) >= 11 is 0. The molecule has 0 radical (unpaired) electrons. The van der Waals surface area contributed by atoms with Crippen molar-refractivity contribution in [1.82, 2.24) is 14.7 Å². The van der Waals surface area contributed by atoms with E-state index in [-0.39, 0.29) is 18.9 Å². The lowest BCUT2D eigenvalue weighted by Crippen LogP contribution is -2.45. The van der Waals surface area contributed by atoms with Crippen LogP contribution in [0.4, 0.5) is 0 Å². The summed E-state index contributed by atoms with van der Waals surface area (Å²) in [5.41, 5.74) is 3.66. The van der Waals surface area contributed by atoms with Gasteiger partial charge in [-0.2, -0.15) is 5.10 Å². The zero-order chi connectivity index (χ0) is 19.4. The Morgan fingerprint density at radius 3 is 2.74 bits per heavy atom. The Hall–Kier alpha value is -2.93. The molecule has 7 nitrogen and oxygen atoms in total. The number of hydrogen-bond acceptors (Lipinski definition) is 4. The van der Waals surface area contributed by atoms with Crippen LogP contribution in [0.15, 0.2) is 36.4 Å². The second kappa shape index (κ2) is 8.18. The molecular weight excluding hydrogens is 346 g/mol. The smallest absolute Gasteiger partial charge is 0.306 e. The van der Waals surface area contributed by atoms with Gasteiger partial charge in [0.25, 0.3) is 0 Å². The molecule has 1 unspecified atom stereocenters. The van der Waals surface area contributed by atoms with E-state index in [1.165, 1.54) is 6.08 Å². The minimum Gasteiger partial charge on any atom is -0.481 e. The van der Waals surface area contributed by atoms with Gasteiger partial charge in [-0.25, -0.2) is 4.68 Å². The number of aliphatic carboxylic acids is 1. The highest BCUT2D eigenvalue weighted by Crippen LogP contribution is 2.19. The summed E-state index contributed by atoms with van der Waals surface area (Å²) in [5.74, 6) is -1.08. The number of carbonyl (C=O) groups excluding carboxylic acids is 1. The van der Waals surface area contributed by atoms with Gasteiger partial charge in [0, 0.05) is 30.4 Å². The van der Waals surface area contributed by atoms with Gasteiger partial charge >= 0.3 is 5.97 Å². The van der Waals surface area contributed by atoms with Crippen molar-refractivity contribution < 1.29 is 19.4 Å². The van der Waals surface area contributed by atoms with Gasteiger partial charge in [0.05, 0.1) is 30.5 Å². The number of carbonyl (C=O) groups is 2. The van der Waals surface area contributed by atoms with Crippen molar-refractivity contribution >= 4 is 18.0 Å². The first-order chi connectivity index (χ1) is 13.0. The van der Waals surface area contributed by atoms with E-state index >= 15 is 0 Å². The van der Waals surface area contributed by atoms with E-state index in [1.807, 2.05) is 48.9 Å². The predicted molar refractivity (Wildman–Crippen MR) is 101 cm³/mol. The summed E-state index contributed by atoms with van der Waals surface area (Å²) in [7, 11) is 0. The topological polar surface area (TPSA) is 84.7 Å². The molecule has 2 aromatic rings. The summed E-state index contributed by atoms with van der Waals surface area (Å²) in [6.45, 7) is 4.97. The molecular formula is C20H23N3O4. The average molecular weight is 369 g/mol. The molecule has 142 valence electrons. The molecule has 1 aromatic heterocycles. The highest BCUT2D eigenvalue weighted by molar-refractivity contribution is 5.92. The van der Waals surface area contributed by atoms with Crippen LogP contribution in [0.3, 0.4) is 0 Å². The number of ether oxygens (including phenoxy) is 1. The van der Waals surface area contributed by atoms with Crippen LogP contribution in [0, 0.1) is 13.8 Å². The molecule has 1 aromatic carbocycles. The molecule has 27 heavy (non-hydrogen) atoms. The van der Waals surface area contributed by atoms with Gasteiger partial charge in [-0.05, 0) is 32.1 Å². The first-order valence-electron chi connectivity index (χ1n) is 8.87. The zero-order valence-electron chi connectivity index (χ0n) is 15.5. The van der Waals surface area contributed by atoms with Crippen molar-refractivity contribution in [2.75, 3.05) is 19.7 Å². The Kier molecular flexibility index (Phi) is 5.71. The second-order valence-electron chi connectivity index (χ2n) is 6.54. The van der Waals surface area contributed by atoms with Crippen molar-refractivity contribution in [2.45, 2.75) is 26.4 Å². The number of carboxylic acids is 1. The highest BCUT2D eigenvalue weighted by atomic mass is 16.5. The van der Waals surface area contributed by atoms with Crippen molar-refractivity contribution in [3.05, 3.63) is 53.4 Å². The summed E-state index contributed by atoms with van der Waals surface area (Å²) < 4.78 is 7.27. The molecule has 1 atom stereocenters. The van der Waals surface area contributed by atoms with Gasteiger partial charge in [-0.15, -0.1) is 0 Å². The number of rotatable bonds is 5. The standard InChI is InChI=1S/C20H23N3O4/c1-14-18(15(2)23(21-14)16-6-4-3-5-7-16)8-9-19(24)22-10-11-27-17(13-22)12-20(25)26/h3-9,17H,10-13H2,1-2H3,(H,25,26)/b9-8+. The Labute approximate surface area is 157 Å². The fourth-order valence-electron chi connectivity index (χ4n) is 3.21. The summed E-state index contributed by atoms with van der Waals surface area (Å²) in [6, 6.07) is 9.82. The number of nitrogens with zero attached hydrogens (tertiary/aromatic N) is 3. The van der Waals surface area contributed by atoms with E-state index in [1.54, 1.807) is 11.0 Å². The lowest BCUT2D eigenvalue weighted by Gasteiger charge is -2.31. The van der Waals surface area contributed by atoms with E-state index in [9.17, 15) is 9.59 Å². The number of hydrogen-bond donors (Lipinski definition) is 1. The van der Waals surface area contributed by atoms with Crippen LogP contribution in [-0.4, -0.2) is 57.5 Å². The van der Waals surface area contributed by atoms with E-state index in [4.69, 9.17) is 9.84 Å². The normalized spacial score (nSPS) is 17.4. The molecule has 0 bridgehead atoms. The van der Waals surface area contributed by atoms with Gasteiger partial charge < -0.3 is 14.7 Å². The Bertz CT molecular complexity index is 858. The minimum atomic E-state index is -0.926. The maximum atomic E-state index is 12.5. The Balaban J connectivity index is 1.73. The van der Waals surface area contributed by atoms with Crippen LogP contribution in [0.5, 0.6) is 0 Å². The van der Waals surface area contributed by atoms with E-state index in [0.29, 0.717) is 13.2 Å². The van der Waals surface area contributed by atoms with E-state index in [0.717, 1.165) is 22.6 Å². The third kappa shape index (κ3) is 4.43. The molecule has 0 spiro atoms. The molecule has 0 aliphatic carbocycles. The summed E-state index contributed by atoms with van der Waals surface area (Å²) in [6.07, 6.45) is 2.74. The minimum absolute atomic E-state index is 0.102. The van der Waals surface area contributed by atoms with Crippen LogP contribution < -0.4 is 0 Å².